The third-order valence-corrected chi connectivity index (χ3v) is 4.66. The molecule has 0 aliphatic heterocycles. The molecule has 2 aromatic heterocycles. The molecule has 2 heterocycles. The van der Waals surface area contributed by atoms with Gasteiger partial charge >= 0.3 is 5.97 Å². The van der Waals surface area contributed by atoms with Crippen molar-refractivity contribution in [3.05, 3.63) is 74.0 Å². The fraction of sp³-hybridized carbons (Fsp3) is 0.111. The molecule has 3 aromatic rings. The second-order valence-corrected chi connectivity index (χ2v) is 7.22. The van der Waals surface area contributed by atoms with Crippen LogP contribution in [0.2, 0.25) is 5.02 Å². The lowest BCUT2D eigenvalue weighted by Crippen LogP contribution is -2.01. The van der Waals surface area contributed by atoms with Gasteiger partial charge in [0.1, 0.15) is 29.7 Å². The summed E-state index contributed by atoms with van der Waals surface area (Å²) in [7, 11) is 0. The lowest BCUT2D eigenvalue weighted by atomic mass is 10.3. The number of furan rings is 1. The number of nitrogens with zero attached hydrogens (tertiary/aromatic N) is 1. The van der Waals surface area contributed by atoms with Crippen molar-refractivity contribution < 1.29 is 18.7 Å². The van der Waals surface area contributed by atoms with E-state index in [1.54, 1.807) is 42.5 Å². The van der Waals surface area contributed by atoms with Crippen molar-refractivity contribution in [2.24, 2.45) is 0 Å². The minimum Gasteiger partial charge on any atom is -0.486 e. The molecule has 0 aliphatic rings. The molecule has 26 heavy (non-hydrogen) atoms. The number of rotatable bonds is 7. The van der Waals surface area contributed by atoms with Gasteiger partial charge in [-0.25, -0.2) is 9.78 Å². The number of halogens is 2. The maximum Gasteiger partial charge on any atom is 0.331 e. The van der Waals surface area contributed by atoms with Crippen LogP contribution in [0.5, 0.6) is 5.75 Å². The molecular weight excluding hydrogens is 442 g/mol. The minimum atomic E-state index is -0.468. The first-order valence-electron chi connectivity index (χ1n) is 7.50. The summed E-state index contributed by atoms with van der Waals surface area (Å²) >= 11 is 10.5. The molecule has 8 heteroatoms. The molecule has 0 amide bonds. The van der Waals surface area contributed by atoms with Gasteiger partial charge < -0.3 is 13.9 Å². The third-order valence-electron chi connectivity index (χ3n) is 3.12. The van der Waals surface area contributed by atoms with E-state index in [0.717, 1.165) is 5.01 Å². The van der Waals surface area contributed by atoms with E-state index in [1.807, 2.05) is 5.38 Å². The molecule has 0 fully saturated rings. The first kappa shape index (κ1) is 18.7. The zero-order valence-electron chi connectivity index (χ0n) is 13.4. The van der Waals surface area contributed by atoms with E-state index >= 15 is 0 Å². The average Bonchev–Trinajstić information content (AvgIpc) is 3.26. The fourth-order valence-electron chi connectivity index (χ4n) is 1.92. The SMILES string of the molecule is O=C(/C=C/c1ccc(Br)o1)OCc1csc(COc2ccc(Cl)cc2)n1. The van der Waals surface area contributed by atoms with Crippen molar-refractivity contribution in [2.75, 3.05) is 0 Å². The summed E-state index contributed by atoms with van der Waals surface area (Å²) in [5.41, 5.74) is 0.673. The van der Waals surface area contributed by atoms with Crippen LogP contribution in [0, 0.1) is 0 Å². The van der Waals surface area contributed by atoms with Gasteiger partial charge in [-0.05, 0) is 58.4 Å². The molecule has 134 valence electrons. The van der Waals surface area contributed by atoms with E-state index in [2.05, 4.69) is 20.9 Å². The summed E-state index contributed by atoms with van der Waals surface area (Å²) in [4.78, 5) is 16.1. The molecular formula is C18H13BrClNO4S. The molecule has 0 unspecified atom stereocenters. The summed E-state index contributed by atoms with van der Waals surface area (Å²) in [6, 6.07) is 10.6. The van der Waals surface area contributed by atoms with Gasteiger partial charge in [0.25, 0.3) is 0 Å². The van der Waals surface area contributed by atoms with Crippen LogP contribution in [0.3, 0.4) is 0 Å². The van der Waals surface area contributed by atoms with Crippen molar-refractivity contribution in [2.45, 2.75) is 13.2 Å². The van der Waals surface area contributed by atoms with Crippen molar-refractivity contribution in [3.8, 4) is 5.75 Å². The Labute approximate surface area is 167 Å². The van der Waals surface area contributed by atoms with Crippen LogP contribution < -0.4 is 4.74 Å². The highest BCUT2D eigenvalue weighted by Crippen LogP contribution is 2.19. The number of hydrogen-bond donors (Lipinski definition) is 0. The molecule has 5 nitrogen and oxygen atoms in total. The quantitative estimate of drug-likeness (QED) is 0.349. The van der Waals surface area contributed by atoms with Crippen molar-refractivity contribution in [1.82, 2.24) is 4.98 Å². The summed E-state index contributed by atoms with van der Waals surface area (Å²) in [6.45, 7) is 0.440. The predicted octanol–water partition coefficient (Wildman–Crippen LogP) is 5.49. The summed E-state index contributed by atoms with van der Waals surface area (Å²) in [6.07, 6.45) is 2.85. The normalized spacial score (nSPS) is 11.0. The van der Waals surface area contributed by atoms with Crippen LogP contribution >= 0.6 is 38.9 Å². The Balaban J connectivity index is 1.45. The number of ether oxygens (including phenoxy) is 2. The number of carbonyl (C=O) groups is 1. The topological polar surface area (TPSA) is 61.6 Å². The van der Waals surface area contributed by atoms with E-state index in [1.165, 1.54) is 17.4 Å². The Morgan fingerprint density at radius 2 is 2.04 bits per heavy atom. The first-order valence-corrected chi connectivity index (χ1v) is 9.55. The highest BCUT2D eigenvalue weighted by atomic mass is 79.9. The maximum atomic E-state index is 11.7. The van der Waals surface area contributed by atoms with Crippen LogP contribution in [0.4, 0.5) is 0 Å². The molecule has 0 aliphatic carbocycles. The zero-order valence-corrected chi connectivity index (χ0v) is 16.5. The van der Waals surface area contributed by atoms with Gasteiger partial charge in [0.2, 0.25) is 0 Å². The Bertz CT molecular complexity index is 904. The van der Waals surface area contributed by atoms with E-state index < -0.39 is 5.97 Å². The molecule has 0 spiro atoms. The average molecular weight is 455 g/mol. The lowest BCUT2D eigenvalue weighted by Gasteiger charge is -2.03. The lowest BCUT2D eigenvalue weighted by molar-refractivity contribution is -0.139. The van der Waals surface area contributed by atoms with Gasteiger partial charge in [-0.15, -0.1) is 11.3 Å². The summed E-state index contributed by atoms with van der Waals surface area (Å²) in [5.74, 6) is 0.806. The van der Waals surface area contributed by atoms with Gasteiger partial charge in [0, 0.05) is 16.5 Å². The molecule has 0 bridgehead atoms. The molecule has 0 N–H and O–H groups in total. The van der Waals surface area contributed by atoms with Crippen LogP contribution in [-0.4, -0.2) is 11.0 Å². The summed E-state index contributed by atoms with van der Waals surface area (Å²) < 4.78 is 16.6. The molecule has 0 atom stereocenters. The van der Waals surface area contributed by atoms with Crippen molar-refractivity contribution >= 4 is 50.9 Å². The van der Waals surface area contributed by atoms with Crippen molar-refractivity contribution in [1.29, 1.82) is 0 Å². The highest BCUT2D eigenvalue weighted by Gasteiger charge is 2.06. The molecule has 3 rings (SSSR count). The van der Waals surface area contributed by atoms with E-state index in [9.17, 15) is 4.79 Å². The Morgan fingerprint density at radius 3 is 2.77 bits per heavy atom. The fourth-order valence-corrected chi connectivity index (χ4v) is 3.05. The number of esters is 1. The predicted molar refractivity (Wildman–Crippen MR) is 103 cm³/mol. The molecule has 0 saturated carbocycles. The number of thiazole rings is 1. The van der Waals surface area contributed by atoms with Gasteiger partial charge in [-0.3, -0.25) is 0 Å². The van der Waals surface area contributed by atoms with Gasteiger partial charge in [0.15, 0.2) is 4.67 Å². The third kappa shape index (κ3) is 5.72. The highest BCUT2D eigenvalue weighted by molar-refractivity contribution is 9.10. The summed E-state index contributed by atoms with van der Waals surface area (Å²) in [5, 5.41) is 3.28. The smallest absolute Gasteiger partial charge is 0.331 e. The number of hydrogen-bond acceptors (Lipinski definition) is 6. The van der Waals surface area contributed by atoms with Gasteiger partial charge in [-0.1, -0.05) is 11.6 Å². The molecule has 1 aromatic carbocycles. The number of carbonyl (C=O) groups excluding carboxylic acids is 1. The maximum absolute atomic E-state index is 11.7. The first-order chi connectivity index (χ1) is 12.6. The molecule has 0 saturated heterocycles. The van der Waals surface area contributed by atoms with E-state index in [-0.39, 0.29) is 6.61 Å². The Hall–Kier alpha value is -2.09. The number of benzene rings is 1. The van der Waals surface area contributed by atoms with E-state index in [0.29, 0.717) is 33.5 Å². The van der Waals surface area contributed by atoms with E-state index in [4.69, 9.17) is 25.5 Å². The standard InChI is InChI=1S/C18H13BrClNO4S/c19-16-7-5-15(25-16)6-8-18(22)24-9-13-11-26-17(21-13)10-23-14-3-1-12(20)2-4-14/h1-8,11H,9-10H2/b8-6+. The largest absolute Gasteiger partial charge is 0.486 e. The van der Waals surface area contributed by atoms with Crippen LogP contribution in [-0.2, 0) is 22.7 Å². The number of aromatic nitrogens is 1. The minimum absolute atomic E-state index is 0.0997. The van der Waals surface area contributed by atoms with Crippen molar-refractivity contribution in [3.63, 3.8) is 0 Å². The van der Waals surface area contributed by atoms with Gasteiger partial charge in [-0.2, -0.15) is 0 Å². The Morgan fingerprint density at radius 1 is 1.23 bits per heavy atom. The second-order valence-electron chi connectivity index (χ2n) is 5.06. The monoisotopic (exact) mass is 453 g/mol. The van der Waals surface area contributed by atoms with Crippen LogP contribution in [0.15, 0.2) is 56.9 Å². The van der Waals surface area contributed by atoms with Crippen LogP contribution in [0.25, 0.3) is 6.08 Å². The van der Waals surface area contributed by atoms with Crippen LogP contribution in [0.1, 0.15) is 16.5 Å². The Kier molecular flexibility index (Phi) is 6.49. The molecule has 0 radical (unpaired) electrons. The zero-order chi connectivity index (χ0) is 18.4. The van der Waals surface area contributed by atoms with Gasteiger partial charge in [0.05, 0.1) is 5.69 Å². The second kappa shape index (κ2) is 9.02.